The van der Waals surface area contributed by atoms with Gasteiger partial charge in [-0.2, -0.15) is 0 Å². The SMILES string of the molecule is CCCCC(O)C(C)(CC)C(C)O. The van der Waals surface area contributed by atoms with Crippen LogP contribution < -0.4 is 0 Å². The van der Waals surface area contributed by atoms with E-state index in [9.17, 15) is 10.2 Å². The molecule has 2 heteroatoms. The largest absolute Gasteiger partial charge is 0.393 e. The van der Waals surface area contributed by atoms with Gasteiger partial charge in [-0.3, -0.25) is 0 Å². The van der Waals surface area contributed by atoms with Crippen LogP contribution in [-0.2, 0) is 0 Å². The van der Waals surface area contributed by atoms with Gasteiger partial charge in [-0.05, 0) is 19.8 Å². The molecular weight excluding hydrogens is 164 g/mol. The topological polar surface area (TPSA) is 40.5 Å². The van der Waals surface area contributed by atoms with Crippen LogP contribution in [0.25, 0.3) is 0 Å². The minimum atomic E-state index is -0.440. The van der Waals surface area contributed by atoms with Gasteiger partial charge in [0.2, 0.25) is 0 Å². The third-order valence-electron chi connectivity index (χ3n) is 3.31. The molecule has 0 aliphatic carbocycles. The minimum Gasteiger partial charge on any atom is -0.393 e. The summed E-state index contributed by atoms with van der Waals surface area (Å²) in [6.07, 6.45) is 2.92. The van der Waals surface area contributed by atoms with E-state index in [2.05, 4.69) is 6.92 Å². The molecule has 0 aliphatic heterocycles. The highest BCUT2D eigenvalue weighted by Crippen LogP contribution is 2.32. The quantitative estimate of drug-likeness (QED) is 0.671. The lowest BCUT2D eigenvalue weighted by Gasteiger charge is -2.36. The van der Waals surface area contributed by atoms with Gasteiger partial charge < -0.3 is 10.2 Å². The van der Waals surface area contributed by atoms with Crippen LogP contribution in [0, 0.1) is 5.41 Å². The standard InChI is InChI=1S/C11H24O2/c1-5-7-8-10(13)11(4,6-2)9(3)12/h9-10,12-13H,5-8H2,1-4H3. The Morgan fingerprint density at radius 2 is 1.77 bits per heavy atom. The van der Waals surface area contributed by atoms with E-state index in [-0.39, 0.29) is 11.5 Å². The summed E-state index contributed by atoms with van der Waals surface area (Å²) in [7, 11) is 0. The van der Waals surface area contributed by atoms with Crippen molar-refractivity contribution in [1.29, 1.82) is 0 Å². The molecule has 0 heterocycles. The molecule has 0 spiro atoms. The van der Waals surface area contributed by atoms with E-state index < -0.39 is 6.10 Å². The predicted molar refractivity (Wildman–Crippen MR) is 55.6 cm³/mol. The molecule has 0 aromatic rings. The van der Waals surface area contributed by atoms with Crippen LogP contribution in [-0.4, -0.2) is 22.4 Å². The second kappa shape index (κ2) is 5.61. The summed E-state index contributed by atoms with van der Waals surface area (Å²) >= 11 is 0. The Morgan fingerprint density at radius 3 is 2.08 bits per heavy atom. The normalized spacial score (nSPS) is 20.8. The molecular formula is C11H24O2. The van der Waals surface area contributed by atoms with Crippen molar-refractivity contribution in [3.63, 3.8) is 0 Å². The molecule has 80 valence electrons. The molecule has 0 saturated carbocycles. The lowest BCUT2D eigenvalue weighted by Crippen LogP contribution is -2.40. The molecule has 3 unspecified atom stereocenters. The van der Waals surface area contributed by atoms with Crippen LogP contribution in [0.5, 0.6) is 0 Å². The van der Waals surface area contributed by atoms with E-state index in [0.29, 0.717) is 0 Å². The van der Waals surface area contributed by atoms with Gasteiger partial charge in [0, 0.05) is 5.41 Å². The first kappa shape index (κ1) is 12.9. The van der Waals surface area contributed by atoms with Crippen molar-refractivity contribution in [2.24, 2.45) is 5.41 Å². The van der Waals surface area contributed by atoms with E-state index in [1.165, 1.54) is 0 Å². The second-order valence-corrected chi connectivity index (χ2v) is 4.19. The maximum Gasteiger partial charge on any atom is 0.0618 e. The molecule has 13 heavy (non-hydrogen) atoms. The van der Waals surface area contributed by atoms with Crippen LogP contribution in [0.15, 0.2) is 0 Å². The monoisotopic (exact) mass is 188 g/mol. The zero-order chi connectivity index (χ0) is 10.5. The Labute approximate surface area is 82.0 Å². The summed E-state index contributed by atoms with van der Waals surface area (Å²) in [4.78, 5) is 0. The molecule has 0 aromatic heterocycles. The lowest BCUT2D eigenvalue weighted by molar-refractivity contribution is -0.0571. The molecule has 0 amide bonds. The van der Waals surface area contributed by atoms with E-state index >= 15 is 0 Å². The fourth-order valence-electron chi connectivity index (χ4n) is 1.54. The molecule has 3 atom stereocenters. The van der Waals surface area contributed by atoms with Gasteiger partial charge in [-0.1, -0.05) is 33.6 Å². The zero-order valence-corrected chi connectivity index (χ0v) is 9.38. The zero-order valence-electron chi connectivity index (χ0n) is 9.38. The first-order valence-corrected chi connectivity index (χ1v) is 5.35. The van der Waals surface area contributed by atoms with E-state index in [4.69, 9.17) is 0 Å². The number of aliphatic hydroxyl groups is 2. The first-order chi connectivity index (χ1) is 5.99. The van der Waals surface area contributed by atoms with Crippen LogP contribution >= 0.6 is 0 Å². The van der Waals surface area contributed by atoms with Crippen molar-refractivity contribution < 1.29 is 10.2 Å². The number of hydrogen-bond donors (Lipinski definition) is 2. The van der Waals surface area contributed by atoms with Crippen molar-refractivity contribution >= 4 is 0 Å². The Morgan fingerprint density at radius 1 is 1.23 bits per heavy atom. The molecule has 0 saturated heterocycles. The smallest absolute Gasteiger partial charge is 0.0618 e. The van der Waals surface area contributed by atoms with Gasteiger partial charge in [0.25, 0.3) is 0 Å². The van der Waals surface area contributed by atoms with Crippen LogP contribution in [0.1, 0.15) is 53.4 Å². The number of rotatable bonds is 6. The average molecular weight is 188 g/mol. The molecule has 0 aromatic carbocycles. The first-order valence-electron chi connectivity index (χ1n) is 5.35. The summed E-state index contributed by atoms with van der Waals surface area (Å²) in [6.45, 7) is 7.84. The third kappa shape index (κ3) is 3.28. The van der Waals surface area contributed by atoms with Crippen molar-refractivity contribution in [1.82, 2.24) is 0 Å². The molecule has 0 aliphatic rings. The maximum atomic E-state index is 9.91. The fraction of sp³-hybridized carbons (Fsp3) is 1.00. The Balaban J connectivity index is 4.20. The summed E-state index contributed by atoms with van der Waals surface area (Å²) < 4.78 is 0. The van der Waals surface area contributed by atoms with E-state index in [1.807, 2.05) is 13.8 Å². The van der Waals surface area contributed by atoms with E-state index in [1.54, 1.807) is 6.92 Å². The second-order valence-electron chi connectivity index (χ2n) is 4.19. The van der Waals surface area contributed by atoms with Crippen molar-refractivity contribution in [3.8, 4) is 0 Å². The fourth-order valence-corrected chi connectivity index (χ4v) is 1.54. The van der Waals surface area contributed by atoms with Crippen LogP contribution in [0.4, 0.5) is 0 Å². The summed E-state index contributed by atoms with van der Waals surface area (Å²) in [6, 6.07) is 0. The predicted octanol–water partition coefficient (Wildman–Crippen LogP) is 2.33. The van der Waals surface area contributed by atoms with E-state index in [0.717, 1.165) is 25.7 Å². The van der Waals surface area contributed by atoms with Gasteiger partial charge in [0.1, 0.15) is 0 Å². The van der Waals surface area contributed by atoms with Crippen molar-refractivity contribution in [3.05, 3.63) is 0 Å². The molecule has 0 radical (unpaired) electrons. The molecule has 0 fully saturated rings. The van der Waals surface area contributed by atoms with Gasteiger partial charge in [0.15, 0.2) is 0 Å². The summed E-state index contributed by atoms with van der Waals surface area (Å²) in [5, 5.41) is 19.5. The van der Waals surface area contributed by atoms with Crippen molar-refractivity contribution in [2.45, 2.75) is 65.6 Å². The number of aliphatic hydroxyl groups excluding tert-OH is 2. The lowest BCUT2D eigenvalue weighted by atomic mass is 9.75. The van der Waals surface area contributed by atoms with Gasteiger partial charge >= 0.3 is 0 Å². The maximum absolute atomic E-state index is 9.91. The highest BCUT2D eigenvalue weighted by molar-refractivity contribution is 4.85. The van der Waals surface area contributed by atoms with Gasteiger partial charge in [-0.25, -0.2) is 0 Å². The highest BCUT2D eigenvalue weighted by atomic mass is 16.3. The highest BCUT2D eigenvalue weighted by Gasteiger charge is 2.35. The van der Waals surface area contributed by atoms with Crippen LogP contribution in [0.3, 0.4) is 0 Å². The van der Waals surface area contributed by atoms with Gasteiger partial charge in [-0.15, -0.1) is 0 Å². The summed E-state index contributed by atoms with van der Waals surface area (Å²) in [5.74, 6) is 0. The van der Waals surface area contributed by atoms with Crippen molar-refractivity contribution in [2.75, 3.05) is 0 Å². The average Bonchev–Trinajstić information content (AvgIpc) is 2.12. The minimum absolute atomic E-state index is 0.338. The van der Waals surface area contributed by atoms with Gasteiger partial charge in [0.05, 0.1) is 12.2 Å². The Bertz CT molecular complexity index is 134. The molecule has 2 nitrogen and oxygen atoms in total. The Kier molecular flexibility index (Phi) is 5.57. The summed E-state index contributed by atoms with van der Waals surface area (Å²) in [5.41, 5.74) is -0.338. The molecule has 0 bridgehead atoms. The molecule has 2 N–H and O–H groups in total. The Hall–Kier alpha value is -0.0800. The molecule has 0 rings (SSSR count). The number of hydrogen-bond acceptors (Lipinski definition) is 2. The van der Waals surface area contributed by atoms with Crippen LogP contribution in [0.2, 0.25) is 0 Å². The number of unbranched alkanes of at least 4 members (excludes halogenated alkanes) is 1. The third-order valence-corrected chi connectivity index (χ3v) is 3.31.